The van der Waals surface area contributed by atoms with Crippen molar-refractivity contribution in [2.75, 3.05) is 13.1 Å². The molecule has 2 aliphatic rings. The molecular weight excluding hydrogens is 379 g/mol. The van der Waals surface area contributed by atoms with Gasteiger partial charge in [0.25, 0.3) is 5.56 Å². The number of rotatable bonds is 3. The third-order valence-corrected chi connectivity index (χ3v) is 5.55. The summed E-state index contributed by atoms with van der Waals surface area (Å²) in [6, 6.07) is 1.95. The first-order valence-corrected chi connectivity index (χ1v) is 8.88. The van der Waals surface area contributed by atoms with Gasteiger partial charge < -0.3 is 4.90 Å². The van der Waals surface area contributed by atoms with Crippen molar-refractivity contribution >= 4 is 27.4 Å². The Morgan fingerprint density at radius 3 is 2.75 bits per heavy atom. The summed E-state index contributed by atoms with van der Waals surface area (Å²) >= 11 is 3.44. The van der Waals surface area contributed by atoms with Crippen molar-refractivity contribution in [1.29, 1.82) is 0 Å². The zero-order valence-corrected chi connectivity index (χ0v) is 14.9. The number of carbonyl (C=O) groups excluding carboxylic acids is 1. The summed E-state index contributed by atoms with van der Waals surface area (Å²) < 4.78 is 17.2. The lowest BCUT2D eigenvalue weighted by Gasteiger charge is -2.42. The van der Waals surface area contributed by atoms with Gasteiger partial charge in [-0.15, -0.1) is 0 Å². The molecule has 24 heavy (non-hydrogen) atoms. The molecule has 1 saturated heterocycles. The molecule has 0 N–H and O–H groups in total. The Morgan fingerprint density at radius 1 is 1.46 bits per heavy atom. The first kappa shape index (κ1) is 15.8. The van der Waals surface area contributed by atoms with Crippen molar-refractivity contribution in [2.45, 2.75) is 44.3 Å². The summed E-state index contributed by atoms with van der Waals surface area (Å²) in [5.41, 5.74) is -0.0921. The summed E-state index contributed by atoms with van der Waals surface area (Å²) in [5, 5.41) is 4.36. The average molecular weight is 397 g/mol. The highest BCUT2D eigenvalue weighted by atomic mass is 79.9. The van der Waals surface area contributed by atoms with Crippen LogP contribution in [0.15, 0.2) is 21.7 Å². The second kappa shape index (κ2) is 5.40. The Kier molecular flexibility index (Phi) is 3.56. The lowest BCUT2D eigenvalue weighted by Crippen LogP contribution is -2.60. The molecule has 3 heterocycles. The van der Waals surface area contributed by atoms with Gasteiger partial charge in [-0.2, -0.15) is 5.10 Å². The molecule has 0 aromatic carbocycles. The standard InChI is InChI=1S/C16H18BrFN4O2/c1-16(18)7-21(8-16)13(23)6-20-9-19-22-12(10-3-2-4-10)5-11(17)14(22)15(20)24/h5,9-10H,2-4,6-8H2,1H3. The number of hydrogen-bond acceptors (Lipinski definition) is 3. The van der Waals surface area contributed by atoms with Crippen LogP contribution in [0.4, 0.5) is 4.39 Å². The van der Waals surface area contributed by atoms with E-state index in [2.05, 4.69) is 21.0 Å². The fourth-order valence-electron chi connectivity index (χ4n) is 3.39. The van der Waals surface area contributed by atoms with Crippen molar-refractivity contribution in [3.63, 3.8) is 0 Å². The summed E-state index contributed by atoms with van der Waals surface area (Å²) in [7, 11) is 0. The fourth-order valence-corrected chi connectivity index (χ4v) is 3.96. The van der Waals surface area contributed by atoms with Crippen LogP contribution in [0.1, 0.15) is 37.8 Å². The van der Waals surface area contributed by atoms with Gasteiger partial charge in [0.1, 0.15) is 24.1 Å². The average Bonchev–Trinajstić information content (AvgIpc) is 2.75. The Morgan fingerprint density at radius 2 is 2.17 bits per heavy atom. The van der Waals surface area contributed by atoms with Gasteiger partial charge in [0, 0.05) is 11.6 Å². The second-order valence-corrected chi connectivity index (χ2v) is 7.89. The molecule has 0 unspecified atom stereocenters. The largest absolute Gasteiger partial charge is 0.335 e. The van der Waals surface area contributed by atoms with Gasteiger partial charge in [0.05, 0.1) is 17.6 Å². The Hall–Kier alpha value is -1.70. The van der Waals surface area contributed by atoms with Crippen molar-refractivity contribution in [2.24, 2.45) is 0 Å². The zero-order chi connectivity index (χ0) is 17.1. The smallest absolute Gasteiger partial charge is 0.279 e. The van der Waals surface area contributed by atoms with E-state index in [9.17, 15) is 14.0 Å². The van der Waals surface area contributed by atoms with E-state index in [0.717, 1.165) is 18.5 Å². The molecule has 128 valence electrons. The number of halogens is 2. The lowest BCUT2D eigenvalue weighted by molar-refractivity contribution is -0.144. The highest BCUT2D eigenvalue weighted by Gasteiger charge is 2.41. The zero-order valence-electron chi connectivity index (χ0n) is 13.3. The number of hydrogen-bond donors (Lipinski definition) is 0. The maximum absolute atomic E-state index is 13.5. The lowest BCUT2D eigenvalue weighted by atomic mass is 9.83. The quantitative estimate of drug-likeness (QED) is 0.797. The van der Waals surface area contributed by atoms with E-state index < -0.39 is 5.67 Å². The molecule has 1 aliphatic carbocycles. The van der Waals surface area contributed by atoms with Gasteiger partial charge in [-0.05, 0) is 41.8 Å². The van der Waals surface area contributed by atoms with E-state index in [1.165, 1.54) is 29.1 Å². The van der Waals surface area contributed by atoms with Crippen molar-refractivity contribution in [3.8, 4) is 0 Å². The highest BCUT2D eigenvalue weighted by Crippen LogP contribution is 2.38. The van der Waals surface area contributed by atoms with E-state index in [1.54, 1.807) is 4.52 Å². The van der Waals surface area contributed by atoms with E-state index in [-0.39, 0.29) is 31.1 Å². The van der Waals surface area contributed by atoms with Crippen molar-refractivity contribution < 1.29 is 9.18 Å². The first-order chi connectivity index (χ1) is 11.4. The Bertz CT molecular complexity index is 876. The molecule has 0 atom stereocenters. The predicted octanol–water partition coefficient (Wildman–Crippen LogP) is 2.10. The number of alkyl halides is 1. The number of nitrogens with zero attached hydrogens (tertiary/aromatic N) is 4. The molecule has 1 amide bonds. The molecule has 2 aromatic heterocycles. The molecule has 0 bridgehead atoms. The summed E-state index contributed by atoms with van der Waals surface area (Å²) in [4.78, 5) is 26.3. The molecule has 1 saturated carbocycles. The minimum absolute atomic E-state index is 0.0803. The third kappa shape index (κ3) is 2.47. The van der Waals surface area contributed by atoms with Crippen LogP contribution in [-0.2, 0) is 11.3 Å². The van der Waals surface area contributed by atoms with E-state index >= 15 is 0 Å². The molecule has 0 radical (unpaired) electrons. The number of carbonyl (C=O) groups is 1. The van der Waals surface area contributed by atoms with Gasteiger partial charge in [-0.25, -0.2) is 8.91 Å². The summed E-state index contributed by atoms with van der Waals surface area (Å²) in [6.45, 7) is 1.51. The second-order valence-electron chi connectivity index (χ2n) is 7.03. The van der Waals surface area contributed by atoms with Gasteiger partial charge >= 0.3 is 0 Å². The van der Waals surface area contributed by atoms with Crippen LogP contribution < -0.4 is 5.56 Å². The van der Waals surface area contributed by atoms with Crippen LogP contribution in [0, 0.1) is 0 Å². The SMILES string of the molecule is CC1(F)CN(C(=O)Cn2cnn3c(C4CCC4)cc(Br)c3c2=O)C1. The van der Waals surface area contributed by atoms with Crippen LogP contribution >= 0.6 is 15.9 Å². The molecule has 2 aromatic rings. The number of aromatic nitrogens is 3. The number of fused-ring (bicyclic) bond motifs is 1. The molecule has 6 nitrogen and oxygen atoms in total. The van der Waals surface area contributed by atoms with Crippen molar-refractivity contribution in [3.05, 3.63) is 32.9 Å². The normalized spacial score (nSPS) is 20.0. The predicted molar refractivity (Wildman–Crippen MR) is 89.8 cm³/mol. The van der Waals surface area contributed by atoms with Gasteiger partial charge in [-0.1, -0.05) is 6.42 Å². The van der Waals surface area contributed by atoms with Crippen LogP contribution in [0.5, 0.6) is 0 Å². The minimum atomic E-state index is -1.31. The molecule has 2 fully saturated rings. The van der Waals surface area contributed by atoms with E-state index in [1.807, 2.05) is 6.07 Å². The van der Waals surface area contributed by atoms with Crippen LogP contribution in [0.3, 0.4) is 0 Å². The third-order valence-electron chi connectivity index (χ3n) is 4.95. The first-order valence-electron chi connectivity index (χ1n) is 8.09. The van der Waals surface area contributed by atoms with Crippen LogP contribution in [0.2, 0.25) is 0 Å². The van der Waals surface area contributed by atoms with Gasteiger partial charge in [0.15, 0.2) is 0 Å². The van der Waals surface area contributed by atoms with Crippen LogP contribution in [0.25, 0.3) is 5.52 Å². The molecule has 4 rings (SSSR count). The number of amides is 1. The summed E-state index contributed by atoms with van der Waals surface area (Å²) in [5.74, 6) is 0.178. The fraction of sp³-hybridized carbons (Fsp3) is 0.562. The monoisotopic (exact) mass is 396 g/mol. The van der Waals surface area contributed by atoms with E-state index in [4.69, 9.17) is 0 Å². The molecular formula is C16H18BrFN4O2. The number of likely N-dealkylation sites (tertiary alicyclic amines) is 1. The Labute approximate surface area is 146 Å². The topological polar surface area (TPSA) is 59.6 Å². The van der Waals surface area contributed by atoms with Gasteiger partial charge in [0.2, 0.25) is 5.91 Å². The Balaban J connectivity index is 1.63. The van der Waals surface area contributed by atoms with Crippen LogP contribution in [-0.4, -0.2) is 43.7 Å². The van der Waals surface area contributed by atoms with E-state index in [0.29, 0.717) is 15.9 Å². The molecule has 8 heteroatoms. The molecule has 0 spiro atoms. The maximum Gasteiger partial charge on any atom is 0.279 e. The minimum Gasteiger partial charge on any atom is -0.335 e. The maximum atomic E-state index is 13.5. The molecule has 1 aliphatic heterocycles. The summed E-state index contributed by atoms with van der Waals surface area (Å²) in [6.07, 6.45) is 4.82. The van der Waals surface area contributed by atoms with Gasteiger partial charge in [-0.3, -0.25) is 14.2 Å². The highest BCUT2D eigenvalue weighted by molar-refractivity contribution is 9.10. The van der Waals surface area contributed by atoms with Crippen molar-refractivity contribution in [1.82, 2.24) is 19.1 Å².